The van der Waals surface area contributed by atoms with Crippen molar-refractivity contribution in [3.63, 3.8) is 0 Å². The maximum absolute atomic E-state index is 14.5. The minimum atomic E-state index is -0.518. The number of nitrogens with zero attached hydrogens (tertiary/aromatic N) is 4. The summed E-state index contributed by atoms with van der Waals surface area (Å²) < 4.78 is 38.3. The zero-order valence-electron chi connectivity index (χ0n) is 20.2. The van der Waals surface area contributed by atoms with Crippen LogP contribution in [-0.2, 0) is 4.74 Å². The van der Waals surface area contributed by atoms with Crippen LogP contribution in [-0.4, -0.2) is 92.1 Å². The van der Waals surface area contributed by atoms with Crippen molar-refractivity contribution in [1.29, 1.82) is 0 Å². The number of alkyl halides is 2. The summed E-state index contributed by atoms with van der Waals surface area (Å²) in [6, 6.07) is 4.31. The largest absolute Gasteiger partial charge is 0.467 e. The highest BCUT2D eigenvalue weighted by atomic mass is 79.9. The molecule has 3 atom stereocenters. The molecule has 4 aliphatic heterocycles. The number of hydrogen-bond donors (Lipinski definition) is 1. The number of anilines is 1. The second-order valence-corrected chi connectivity index (χ2v) is 10.2. The topological polar surface area (TPSA) is 62.8 Å². The van der Waals surface area contributed by atoms with Gasteiger partial charge in [0, 0.05) is 44.0 Å². The van der Waals surface area contributed by atoms with Crippen LogP contribution in [0.15, 0.2) is 16.6 Å². The highest BCUT2D eigenvalue weighted by Gasteiger charge is 2.41. The van der Waals surface area contributed by atoms with Gasteiger partial charge in [0.05, 0.1) is 30.3 Å². The Bertz CT molecular complexity index is 1000. The number of methoxy groups -OCH3 is 1. The number of halogens is 4. The summed E-state index contributed by atoms with van der Waals surface area (Å²) >= 11 is 7.85. The molecule has 1 aromatic heterocycles. The van der Waals surface area contributed by atoms with Gasteiger partial charge in [0.15, 0.2) is 5.82 Å². The van der Waals surface area contributed by atoms with Crippen LogP contribution in [0.1, 0.15) is 25.7 Å². The van der Waals surface area contributed by atoms with E-state index in [1.165, 1.54) is 26.3 Å². The fourth-order valence-electron chi connectivity index (χ4n) is 5.48. The molecule has 2 aromatic rings. The van der Waals surface area contributed by atoms with Crippen LogP contribution in [0.2, 0.25) is 0 Å². The zero-order valence-corrected chi connectivity index (χ0v) is 22.5. The maximum atomic E-state index is 14.5. The van der Waals surface area contributed by atoms with Crippen molar-refractivity contribution in [2.75, 3.05) is 64.3 Å². The monoisotopic (exact) mass is 575 g/mol. The molecule has 11 heteroatoms. The van der Waals surface area contributed by atoms with Gasteiger partial charge < -0.3 is 19.7 Å². The Morgan fingerprint density at radius 1 is 1.29 bits per heavy atom. The highest BCUT2D eigenvalue weighted by molar-refractivity contribution is 9.10. The number of rotatable bonds is 2. The quantitative estimate of drug-likeness (QED) is 0.539. The number of ether oxygens (including phenoxy) is 2. The Balaban J connectivity index is 0.000000218. The predicted molar refractivity (Wildman–Crippen MR) is 138 cm³/mol. The van der Waals surface area contributed by atoms with Crippen LogP contribution in [0.5, 0.6) is 6.01 Å². The van der Waals surface area contributed by atoms with Crippen molar-refractivity contribution in [2.45, 2.75) is 43.4 Å². The molecule has 3 unspecified atom stereocenters. The first-order chi connectivity index (χ1) is 17.0. The predicted octanol–water partition coefficient (Wildman–Crippen LogP) is 4.16. The average molecular weight is 577 g/mol. The molecule has 6 rings (SSSR count). The van der Waals surface area contributed by atoms with Gasteiger partial charge in [0.2, 0.25) is 0 Å². The number of benzene rings is 1. The Hall–Kier alpha value is -1.33. The Labute approximate surface area is 218 Å². The molecule has 7 nitrogen and oxygen atoms in total. The van der Waals surface area contributed by atoms with E-state index in [9.17, 15) is 8.78 Å². The number of nitrogens with one attached hydrogen (secondary N) is 1. The lowest BCUT2D eigenvalue weighted by atomic mass is 9.99. The van der Waals surface area contributed by atoms with Gasteiger partial charge in [-0.2, -0.15) is 9.97 Å². The number of fused-ring (bicyclic) bond motifs is 2. The number of hydrogen-bond acceptors (Lipinski definition) is 7. The van der Waals surface area contributed by atoms with E-state index in [2.05, 4.69) is 52.6 Å². The number of aromatic nitrogens is 2. The SMILES string of the molecule is CCl.COc1nc(N2CCC3(COCCN3)C2)c2ccc(Br)c(F)c2n1.FC1CC2CCCN2C1. The summed E-state index contributed by atoms with van der Waals surface area (Å²) in [5.41, 5.74) is 0.205. The first kappa shape index (κ1) is 26.7. The first-order valence-electron chi connectivity index (χ1n) is 12.0. The van der Waals surface area contributed by atoms with E-state index in [0.29, 0.717) is 34.9 Å². The van der Waals surface area contributed by atoms with Gasteiger partial charge in [0.1, 0.15) is 17.5 Å². The molecular weight excluding hydrogens is 544 g/mol. The van der Waals surface area contributed by atoms with Crippen molar-refractivity contribution in [2.24, 2.45) is 0 Å². The van der Waals surface area contributed by atoms with Crippen LogP contribution in [0.3, 0.4) is 0 Å². The normalized spacial score (nSPS) is 27.9. The van der Waals surface area contributed by atoms with E-state index in [0.717, 1.165) is 45.6 Å². The smallest absolute Gasteiger partial charge is 0.318 e. The Morgan fingerprint density at radius 2 is 2.11 bits per heavy atom. The Kier molecular flexibility index (Phi) is 9.02. The molecule has 4 saturated heterocycles. The lowest BCUT2D eigenvalue weighted by Gasteiger charge is -2.34. The molecule has 4 fully saturated rings. The molecule has 0 amide bonds. The van der Waals surface area contributed by atoms with Crippen LogP contribution in [0.4, 0.5) is 14.6 Å². The lowest BCUT2D eigenvalue weighted by Crippen LogP contribution is -2.55. The highest BCUT2D eigenvalue weighted by Crippen LogP contribution is 2.35. The van der Waals surface area contributed by atoms with Crippen LogP contribution in [0, 0.1) is 5.82 Å². The summed E-state index contributed by atoms with van der Waals surface area (Å²) in [4.78, 5) is 13.1. The van der Waals surface area contributed by atoms with Crippen molar-refractivity contribution in [1.82, 2.24) is 20.2 Å². The number of morpholine rings is 1. The van der Waals surface area contributed by atoms with E-state index in [1.807, 2.05) is 6.07 Å². The van der Waals surface area contributed by atoms with Crippen molar-refractivity contribution in [3.8, 4) is 6.01 Å². The Morgan fingerprint density at radius 3 is 2.83 bits per heavy atom. The van der Waals surface area contributed by atoms with Gasteiger partial charge >= 0.3 is 6.01 Å². The van der Waals surface area contributed by atoms with Gasteiger partial charge in [-0.15, -0.1) is 11.6 Å². The van der Waals surface area contributed by atoms with Gasteiger partial charge in [-0.05, 0) is 60.3 Å². The molecule has 0 radical (unpaired) electrons. The van der Waals surface area contributed by atoms with E-state index < -0.39 is 12.0 Å². The molecule has 5 heterocycles. The van der Waals surface area contributed by atoms with Crippen LogP contribution in [0.25, 0.3) is 10.9 Å². The van der Waals surface area contributed by atoms with Crippen molar-refractivity contribution < 1.29 is 18.3 Å². The van der Waals surface area contributed by atoms with E-state index >= 15 is 0 Å². The van der Waals surface area contributed by atoms with Crippen molar-refractivity contribution in [3.05, 3.63) is 22.4 Å². The molecule has 0 aliphatic carbocycles. The molecule has 4 aliphatic rings. The van der Waals surface area contributed by atoms with Crippen molar-refractivity contribution >= 4 is 44.3 Å². The van der Waals surface area contributed by atoms with Gasteiger partial charge in [-0.1, -0.05) is 0 Å². The van der Waals surface area contributed by atoms with Crippen LogP contribution >= 0.6 is 27.5 Å². The molecule has 1 N–H and O–H groups in total. The molecule has 1 aromatic carbocycles. The minimum absolute atomic E-state index is 0.0589. The summed E-state index contributed by atoms with van der Waals surface area (Å²) in [6.45, 7) is 5.72. The maximum Gasteiger partial charge on any atom is 0.318 e. The lowest BCUT2D eigenvalue weighted by molar-refractivity contribution is 0.0368. The zero-order chi connectivity index (χ0) is 25.0. The van der Waals surface area contributed by atoms with E-state index in [1.54, 1.807) is 6.07 Å². The molecule has 35 heavy (non-hydrogen) atoms. The summed E-state index contributed by atoms with van der Waals surface area (Å²) in [7, 11) is 1.49. The third-order valence-electron chi connectivity index (χ3n) is 7.14. The third kappa shape index (κ3) is 5.82. The summed E-state index contributed by atoms with van der Waals surface area (Å²) in [5.74, 6) is 0.301. The summed E-state index contributed by atoms with van der Waals surface area (Å²) in [6.07, 6.45) is 5.24. The molecular formula is C24H33BrClF2N5O2. The van der Waals surface area contributed by atoms with E-state index in [4.69, 9.17) is 9.47 Å². The standard InChI is InChI=1S/C16H18BrFN4O2.C7H12FN.CH3Cl/c1-23-15-20-13-10(2-3-11(17)12(13)18)14(21-15)22-6-4-16(8-22)9-24-7-5-19-16;8-6-4-7-2-1-3-9(7)5-6;1-2/h2-3,19H,4-9H2,1H3;6-7H,1-5H2;1H3. The van der Waals surface area contributed by atoms with Crippen LogP contribution < -0.4 is 15.0 Å². The average Bonchev–Trinajstić information content (AvgIpc) is 3.58. The third-order valence-corrected chi connectivity index (χ3v) is 7.75. The van der Waals surface area contributed by atoms with Gasteiger partial charge in [-0.3, -0.25) is 4.90 Å². The second-order valence-electron chi connectivity index (χ2n) is 9.35. The molecule has 1 spiro atoms. The second kappa shape index (κ2) is 11.8. The molecule has 0 bridgehead atoms. The van der Waals surface area contributed by atoms with E-state index in [-0.39, 0.29) is 17.1 Å². The minimum Gasteiger partial charge on any atom is -0.467 e. The molecule has 0 saturated carbocycles. The fraction of sp³-hybridized carbons (Fsp3) is 0.667. The van der Waals surface area contributed by atoms with Gasteiger partial charge in [0.25, 0.3) is 0 Å². The van der Waals surface area contributed by atoms with Gasteiger partial charge in [-0.25, -0.2) is 8.78 Å². The fourth-order valence-corrected chi connectivity index (χ4v) is 5.80. The first-order valence-corrected chi connectivity index (χ1v) is 13.6. The molecule has 194 valence electrons. The summed E-state index contributed by atoms with van der Waals surface area (Å²) in [5, 5.41) is 4.25.